The van der Waals surface area contributed by atoms with Crippen molar-refractivity contribution in [1.29, 1.82) is 0 Å². The van der Waals surface area contributed by atoms with E-state index in [1.807, 2.05) is 0 Å². The van der Waals surface area contributed by atoms with Gasteiger partial charge in [0.05, 0.1) is 17.8 Å². The van der Waals surface area contributed by atoms with Crippen molar-refractivity contribution in [2.24, 2.45) is 0 Å². The van der Waals surface area contributed by atoms with Crippen LogP contribution < -0.4 is 11.1 Å². The molecule has 0 aliphatic carbocycles. The fraction of sp³-hybridized carbons (Fsp3) is 0.0714. The standard InChI is InChI=1S/C14H12F2N2O/c15-10-3-1-9(2-4-10)7-14(19)18-13-8-11(16)5-6-12(13)17/h1-6,8H,7,17H2,(H,18,19). The lowest BCUT2D eigenvalue weighted by atomic mass is 10.1. The highest BCUT2D eigenvalue weighted by molar-refractivity contribution is 5.95. The summed E-state index contributed by atoms with van der Waals surface area (Å²) in [7, 11) is 0. The summed E-state index contributed by atoms with van der Waals surface area (Å²) in [5, 5.41) is 2.52. The number of amides is 1. The van der Waals surface area contributed by atoms with E-state index in [2.05, 4.69) is 5.32 Å². The Bertz CT molecular complexity index is 597. The van der Waals surface area contributed by atoms with E-state index in [0.29, 0.717) is 5.56 Å². The highest BCUT2D eigenvalue weighted by Gasteiger charge is 2.07. The smallest absolute Gasteiger partial charge is 0.228 e. The summed E-state index contributed by atoms with van der Waals surface area (Å²) in [5.41, 5.74) is 6.80. The van der Waals surface area contributed by atoms with Gasteiger partial charge in [-0.2, -0.15) is 0 Å². The largest absolute Gasteiger partial charge is 0.397 e. The van der Waals surface area contributed by atoms with Gasteiger partial charge in [0.15, 0.2) is 0 Å². The summed E-state index contributed by atoms with van der Waals surface area (Å²) < 4.78 is 25.7. The van der Waals surface area contributed by atoms with E-state index in [-0.39, 0.29) is 29.5 Å². The molecule has 0 saturated carbocycles. The normalized spacial score (nSPS) is 10.2. The number of hydrogen-bond acceptors (Lipinski definition) is 2. The number of rotatable bonds is 3. The zero-order chi connectivity index (χ0) is 13.8. The van der Waals surface area contributed by atoms with Crippen molar-refractivity contribution in [2.45, 2.75) is 6.42 Å². The van der Waals surface area contributed by atoms with E-state index < -0.39 is 5.82 Å². The third-order valence-electron chi connectivity index (χ3n) is 2.57. The summed E-state index contributed by atoms with van der Waals surface area (Å²) >= 11 is 0. The minimum Gasteiger partial charge on any atom is -0.397 e. The number of benzene rings is 2. The van der Waals surface area contributed by atoms with Gasteiger partial charge in [-0.25, -0.2) is 8.78 Å². The van der Waals surface area contributed by atoms with E-state index in [9.17, 15) is 13.6 Å². The molecule has 98 valence electrons. The Morgan fingerprint density at radius 2 is 1.68 bits per heavy atom. The maximum absolute atomic E-state index is 13.0. The van der Waals surface area contributed by atoms with Crippen LogP contribution in [0.4, 0.5) is 20.2 Å². The maximum Gasteiger partial charge on any atom is 0.228 e. The monoisotopic (exact) mass is 262 g/mol. The SMILES string of the molecule is Nc1ccc(F)cc1NC(=O)Cc1ccc(F)cc1. The van der Waals surface area contributed by atoms with Crippen LogP contribution in [0.15, 0.2) is 42.5 Å². The molecule has 0 fully saturated rings. The predicted octanol–water partition coefficient (Wildman–Crippen LogP) is 2.73. The van der Waals surface area contributed by atoms with Gasteiger partial charge < -0.3 is 11.1 Å². The molecule has 0 aliphatic heterocycles. The van der Waals surface area contributed by atoms with Gasteiger partial charge in [-0.3, -0.25) is 4.79 Å². The first-order valence-electron chi connectivity index (χ1n) is 5.64. The molecule has 3 nitrogen and oxygen atoms in total. The summed E-state index contributed by atoms with van der Waals surface area (Å²) in [6.45, 7) is 0. The zero-order valence-corrected chi connectivity index (χ0v) is 9.99. The summed E-state index contributed by atoms with van der Waals surface area (Å²) in [6.07, 6.45) is 0.0657. The Hall–Kier alpha value is -2.43. The molecule has 19 heavy (non-hydrogen) atoms. The number of anilines is 2. The first kappa shape index (κ1) is 13.0. The number of nitrogens with one attached hydrogen (secondary N) is 1. The molecule has 5 heteroatoms. The van der Waals surface area contributed by atoms with Crippen molar-refractivity contribution in [2.75, 3.05) is 11.1 Å². The van der Waals surface area contributed by atoms with Crippen molar-refractivity contribution in [3.63, 3.8) is 0 Å². The van der Waals surface area contributed by atoms with Crippen LogP contribution in [0, 0.1) is 11.6 Å². The molecular weight excluding hydrogens is 250 g/mol. The highest BCUT2D eigenvalue weighted by Crippen LogP contribution is 2.19. The first-order chi connectivity index (χ1) is 9.04. The topological polar surface area (TPSA) is 55.1 Å². The minimum atomic E-state index is -0.480. The number of halogens is 2. The van der Waals surface area contributed by atoms with E-state index >= 15 is 0 Å². The molecule has 0 heterocycles. The first-order valence-corrected chi connectivity index (χ1v) is 5.64. The second kappa shape index (κ2) is 5.48. The fourth-order valence-corrected chi connectivity index (χ4v) is 1.62. The maximum atomic E-state index is 13.0. The van der Waals surface area contributed by atoms with E-state index in [0.717, 1.165) is 6.07 Å². The van der Waals surface area contributed by atoms with E-state index in [1.165, 1.54) is 36.4 Å². The molecule has 0 saturated heterocycles. The Morgan fingerprint density at radius 1 is 1.05 bits per heavy atom. The molecule has 0 radical (unpaired) electrons. The average molecular weight is 262 g/mol. The molecule has 0 bridgehead atoms. The molecule has 1 amide bonds. The quantitative estimate of drug-likeness (QED) is 0.836. The van der Waals surface area contributed by atoms with Crippen molar-refractivity contribution in [3.05, 3.63) is 59.7 Å². The van der Waals surface area contributed by atoms with Gasteiger partial charge in [0.25, 0.3) is 0 Å². The van der Waals surface area contributed by atoms with Crippen LogP contribution in [0.1, 0.15) is 5.56 Å². The molecular formula is C14H12F2N2O. The van der Waals surface area contributed by atoms with Crippen LogP contribution in [0.3, 0.4) is 0 Å². The van der Waals surface area contributed by atoms with Crippen molar-refractivity contribution in [1.82, 2.24) is 0 Å². The molecule has 2 aromatic rings. The lowest BCUT2D eigenvalue weighted by Gasteiger charge is -2.08. The number of hydrogen-bond donors (Lipinski definition) is 2. The zero-order valence-electron chi connectivity index (χ0n) is 9.99. The van der Waals surface area contributed by atoms with Gasteiger partial charge in [0.1, 0.15) is 11.6 Å². The van der Waals surface area contributed by atoms with Crippen LogP contribution in [0.2, 0.25) is 0 Å². The van der Waals surface area contributed by atoms with Crippen molar-refractivity contribution in [3.8, 4) is 0 Å². The third kappa shape index (κ3) is 3.51. The van der Waals surface area contributed by atoms with E-state index in [4.69, 9.17) is 5.73 Å². The molecule has 0 spiro atoms. The Kier molecular flexibility index (Phi) is 3.75. The van der Waals surface area contributed by atoms with Gasteiger partial charge >= 0.3 is 0 Å². The van der Waals surface area contributed by atoms with Gasteiger partial charge in [0.2, 0.25) is 5.91 Å². The number of nitrogens with two attached hydrogens (primary N) is 1. The molecule has 2 aromatic carbocycles. The van der Waals surface area contributed by atoms with Crippen LogP contribution in [-0.2, 0) is 11.2 Å². The van der Waals surface area contributed by atoms with E-state index in [1.54, 1.807) is 0 Å². The molecule has 0 aromatic heterocycles. The highest BCUT2D eigenvalue weighted by atomic mass is 19.1. The lowest BCUT2D eigenvalue weighted by molar-refractivity contribution is -0.115. The second-order valence-corrected chi connectivity index (χ2v) is 4.08. The van der Waals surface area contributed by atoms with Gasteiger partial charge in [-0.05, 0) is 35.9 Å². The van der Waals surface area contributed by atoms with Gasteiger partial charge in [-0.1, -0.05) is 12.1 Å². The predicted molar refractivity (Wildman–Crippen MR) is 69.5 cm³/mol. The second-order valence-electron chi connectivity index (χ2n) is 4.08. The van der Waals surface area contributed by atoms with Crippen LogP contribution >= 0.6 is 0 Å². The molecule has 0 unspecified atom stereocenters. The average Bonchev–Trinajstić information content (AvgIpc) is 2.37. The molecule has 2 rings (SSSR count). The van der Waals surface area contributed by atoms with Crippen LogP contribution in [-0.4, -0.2) is 5.91 Å². The Labute approximate surface area is 109 Å². The van der Waals surface area contributed by atoms with Crippen LogP contribution in [0.5, 0.6) is 0 Å². The number of carbonyl (C=O) groups is 1. The third-order valence-corrected chi connectivity index (χ3v) is 2.57. The Morgan fingerprint density at radius 3 is 2.37 bits per heavy atom. The molecule has 3 N–H and O–H groups in total. The molecule has 0 aliphatic rings. The summed E-state index contributed by atoms with van der Waals surface area (Å²) in [4.78, 5) is 11.7. The van der Waals surface area contributed by atoms with Crippen molar-refractivity contribution < 1.29 is 13.6 Å². The minimum absolute atomic E-state index is 0.0657. The number of carbonyl (C=O) groups excluding carboxylic acids is 1. The van der Waals surface area contributed by atoms with Gasteiger partial charge in [-0.15, -0.1) is 0 Å². The number of nitrogen functional groups attached to an aromatic ring is 1. The molecule has 0 atom stereocenters. The summed E-state index contributed by atoms with van der Waals surface area (Å²) in [6, 6.07) is 9.33. The fourth-order valence-electron chi connectivity index (χ4n) is 1.62. The van der Waals surface area contributed by atoms with Crippen molar-refractivity contribution >= 4 is 17.3 Å². The lowest BCUT2D eigenvalue weighted by Crippen LogP contribution is -2.15. The van der Waals surface area contributed by atoms with Gasteiger partial charge in [0, 0.05) is 0 Å². The van der Waals surface area contributed by atoms with Crippen LogP contribution in [0.25, 0.3) is 0 Å². The summed E-state index contributed by atoms with van der Waals surface area (Å²) in [5.74, 6) is -1.19. The Balaban J connectivity index is 2.05.